The van der Waals surface area contributed by atoms with E-state index in [9.17, 15) is 0 Å². The molecule has 1 aromatic heterocycles. The first-order valence-electron chi connectivity index (χ1n) is 8.51. The zero-order chi connectivity index (χ0) is 16.5. The fourth-order valence-electron chi connectivity index (χ4n) is 3.42. The van der Waals surface area contributed by atoms with Crippen LogP contribution in [0.25, 0.3) is 17.3 Å². The molecule has 1 aromatic carbocycles. The number of benzene rings is 1. The predicted octanol–water partition coefficient (Wildman–Crippen LogP) is 5.39. The third-order valence-corrected chi connectivity index (χ3v) is 4.52. The summed E-state index contributed by atoms with van der Waals surface area (Å²) in [5.41, 5.74) is 4.77. The zero-order valence-corrected chi connectivity index (χ0v) is 14.0. The first-order valence-corrected chi connectivity index (χ1v) is 8.51. The smallest absolute Gasteiger partial charge is 0.123 e. The van der Waals surface area contributed by atoms with Crippen molar-refractivity contribution in [2.24, 2.45) is 5.92 Å². The van der Waals surface area contributed by atoms with Gasteiger partial charge in [0.15, 0.2) is 0 Å². The standard InChI is InChI=1S/C22H21NO/c1-15(2)24-19-11-12-23-22(14-19)18-10-9-17-8-7-16-5-3-4-6-20(16)21(17)13-18/h3-16,20H,1-2H3. The number of fused-ring (bicyclic) bond motifs is 3. The minimum Gasteiger partial charge on any atom is -0.491 e. The lowest BCUT2D eigenvalue weighted by molar-refractivity contribution is 0.242. The molecule has 2 aromatic rings. The average molecular weight is 315 g/mol. The molecule has 2 aliphatic carbocycles. The number of allylic oxidation sites excluding steroid dienone is 5. The number of nitrogens with zero attached hydrogens (tertiary/aromatic N) is 1. The van der Waals surface area contributed by atoms with Gasteiger partial charge in [-0.15, -0.1) is 0 Å². The van der Waals surface area contributed by atoms with Gasteiger partial charge >= 0.3 is 0 Å². The van der Waals surface area contributed by atoms with Crippen molar-refractivity contribution in [3.05, 3.63) is 78.0 Å². The molecule has 2 nitrogen and oxygen atoms in total. The van der Waals surface area contributed by atoms with Gasteiger partial charge in [-0.1, -0.05) is 48.6 Å². The Morgan fingerprint density at radius 2 is 1.88 bits per heavy atom. The zero-order valence-electron chi connectivity index (χ0n) is 14.0. The van der Waals surface area contributed by atoms with Crippen LogP contribution in [0.2, 0.25) is 0 Å². The van der Waals surface area contributed by atoms with Gasteiger partial charge in [0.25, 0.3) is 0 Å². The molecule has 2 unspecified atom stereocenters. The number of hydrogen-bond donors (Lipinski definition) is 0. The van der Waals surface area contributed by atoms with Crippen molar-refractivity contribution in [3.8, 4) is 17.0 Å². The van der Waals surface area contributed by atoms with Crippen LogP contribution in [0.1, 0.15) is 30.9 Å². The second-order valence-electron chi connectivity index (χ2n) is 6.62. The van der Waals surface area contributed by atoms with E-state index in [1.807, 2.05) is 32.2 Å². The van der Waals surface area contributed by atoms with E-state index < -0.39 is 0 Å². The molecule has 0 N–H and O–H groups in total. The van der Waals surface area contributed by atoms with Gasteiger partial charge in [-0.25, -0.2) is 0 Å². The molecular formula is C22H21NO. The van der Waals surface area contributed by atoms with Crippen LogP contribution in [-0.4, -0.2) is 11.1 Å². The van der Waals surface area contributed by atoms with Gasteiger partial charge in [-0.05, 0) is 37.1 Å². The van der Waals surface area contributed by atoms with Crippen molar-refractivity contribution < 1.29 is 4.74 Å². The molecule has 2 heteroatoms. The van der Waals surface area contributed by atoms with Crippen molar-refractivity contribution in [2.45, 2.75) is 25.9 Å². The van der Waals surface area contributed by atoms with Crippen molar-refractivity contribution in [3.63, 3.8) is 0 Å². The van der Waals surface area contributed by atoms with Gasteiger partial charge in [0, 0.05) is 29.7 Å². The van der Waals surface area contributed by atoms with Crippen LogP contribution in [0.15, 0.2) is 66.9 Å². The lowest BCUT2D eigenvalue weighted by atomic mass is 9.76. The van der Waals surface area contributed by atoms with Gasteiger partial charge in [-0.2, -0.15) is 0 Å². The Kier molecular flexibility index (Phi) is 3.81. The third-order valence-electron chi connectivity index (χ3n) is 4.52. The summed E-state index contributed by atoms with van der Waals surface area (Å²) in [6, 6.07) is 10.6. The summed E-state index contributed by atoms with van der Waals surface area (Å²) in [5.74, 6) is 1.75. The van der Waals surface area contributed by atoms with E-state index in [2.05, 4.69) is 59.6 Å². The van der Waals surface area contributed by atoms with Crippen molar-refractivity contribution in [1.82, 2.24) is 4.98 Å². The summed E-state index contributed by atoms with van der Waals surface area (Å²) in [7, 11) is 0. The highest BCUT2D eigenvalue weighted by Crippen LogP contribution is 2.39. The Hall–Kier alpha value is -2.61. The van der Waals surface area contributed by atoms with Gasteiger partial charge in [0.05, 0.1) is 11.8 Å². The minimum atomic E-state index is 0.161. The summed E-state index contributed by atoms with van der Waals surface area (Å²) in [5, 5.41) is 0. The second kappa shape index (κ2) is 6.12. The molecule has 0 bridgehead atoms. The largest absolute Gasteiger partial charge is 0.491 e. The fraction of sp³-hybridized carbons (Fsp3) is 0.227. The van der Waals surface area contributed by atoms with Crippen LogP contribution in [0.3, 0.4) is 0 Å². The summed E-state index contributed by atoms with van der Waals surface area (Å²) in [6.45, 7) is 4.07. The molecule has 120 valence electrons. The average Bonchev–Trinajstić information content (AvgIpc) is 2.61. The minimum absolute atomic E-state index is 0.161. The van der Waals surface area contributed by atoms with E-state index >= 15 is 0 Å². The number of rotatable bonds is 3. The number of aromatic nitrogens is 1. The van der Waals surface area contributed by atoms with E-state index in [0.29, 0.717) is 11.8 Å². The van der Waals surface area contributed by atoms with E-state index in [0.717, 1.165) is 17.0 Å². The molecule has 2 atom stereocenters. The van der Waals surface area contributed by atoms with Crippen molar-refractivity contribution in [2.75, 3.05) is 0 Å². The molecule has 4 rings (SSSR count). The Labute approximate surface area is 143 Å². The van der Waals surface area contributed by atoms with Crippen LogP contribution >= 0.6 is 0 Å². The summed E-state index contributed by atoms with van der Waals surface area (Å²) in [4.78, 5) is 4.54. The Morgan fingerprint density at radius 1 is 1.00 bits per heavy atom. The number of pyridine rings is 1. The number of hydrogen-bond acceptors (Lipinski definition) is 2. The molecule has 0 radical (unpaired) electrons. The lowest BCUT2D eigenvalue weighted by Gasteiger charge is -2.27. The molecule has 0 saturated carbocycles. The fourth-order valence-corrected chi connectivity index (χ4v) is 3.42. The van der Waals surface area contributed by atoms with Gasteiger partial charge in [-0.3, -0.25) is 4.98 Å². The Bertz CT molecular complexity index is 845. The van der Waals surface area contributed by atoms with Crippen LogP contribution < -0.4 is 4.74 Å². The van der Waals surface area contributed by atoms with Gasteiger partial charge in [0.1, 0.15) is 5.75 Å². The highest BCUT2D eigenvalue weighted by Gasteiger charge is 2.24. The highest BCUT2D eigenvalue weighted by molar-refractivity contribution is 5.69. The topological polar surface area (TPSA) is 22.1 Å². The molecule has 0 aliphatic heterocycles. The summed E-state index contributed by atoms with van der Waals surface area (Å²) in [6.07, 6.45) is 15.3. The van der Waals surface area contributed by atoms with E-state index in [4.69, 9.17) is 4.74 Å². The SMILES string of the molecule is CC(C)Oc1ccnc(-c2ccc3c(c2)C2C=CC=CC2C=C3)c1. The van der Waals surface area contributed by atoms with Crippen LogP contribution in [0.5, 0.6) is 5.75 Å². The maximum absolute atomic E-state index is 5.80. The number of ether oxygens (including phenoxy) is 1. The summed E-state index contributed by atoms with van der Waals surface area (Å²) < 4.78 is 5.80. The molecule has 0 amide bonds. The molecular weight excluding hydrogens is 294 g/mol. The maximum atomic E-state index is 5.80. The predicted molar refractivity (Wildman–Crippen MR) is 99.0 cm³/mol. The van der Waals surface area contributed by atoms with E-state index in [-0.39, 0.29) is 6.10 Å². The first-order chi connectivity index (χ1) is 11.7. The van der Waals surface area contributed by atoms with Crippen LogP contribution in [0.4, 0.5) is 0 Å². The molecule has 24 heavy (non-hydrogen) atoms. The molecule has 0 fully saturated rings. The highest BCUT2D eigenvalue weighted by atomic mass is 16.5. The van der Waals surface area contributed by atoms with Crippen molar-refractivity contribution >= 4 is 6.08 Å². The molecule has 0 spiro atoms. The third kappa shape index (κ3) is 2.80. The molecule has 2 aliphatic rings. The Morgan fingerprint density at radius 3 is 2.75 bits per heavy atom. The van der Waals surface area contributed by atoms with Gasteiger partial charge in [0.2, 0.25) is 0 Å². The molecule has 1 heterocycles. The summed E-state index contributed by atoms with van der Waals surface area (Å²) >= 11 is 0. The van der Waals surface area contributed by atoms with Crippen LogP contribution in [-0.2, 0) is 0 Å². The normalized spacial score (nSPS) is 20.8. The lowest BCUT2D eigenvalue weighted by Crippen LogP contribution is -2.13. The quantitative estimate of drug-likeness (QED) is 0.757. The first kappa shape index (κ1) is 14.9. The Balaban J connectivity index is 1.73. The van der Waals surface area contributed by atoms with E-state index in [1.165, 1.54) is 11.1 Å². The maximum Gasteiger partial charge on any atom is 0.123 e. The molecule has 0 saturated heterocycles. The van der Waals surface area contributed by atoms with Crippen molar-refractivity contribution in [1.29, 1.82) is 0 Å². The van der Waals surface area contributed by atoms with E-state index in [1.54, 1.807) is 0 Å². The second-order valence-corrected chi connectivity index (χ2v) is 6.62. The van der Waals surface area contributed by atoms with Crippen LogP contribution in [0, 0.1) is 5.92 Å². The monoisotopic (exact) mass is 315 g/mol. The van der Waals surface area contributed by atoms with Gasteiger partial charge < -0.3 is 4.74 Å².